The standard InChI is InChI=1S/C31H52N10O13/c1-15(2)11-16(32)25(48)38-17(7-8-23(44)45)27(50)40-19(12-24(46)47)26(49)36-13-22(43)37-20(14-42)29(52)41-10-4-6-21(41)28(51)39-18(30(53)54)5-3-9-35-31(33)34/h15-21,42H,3-14,32H2,1-2H3,(H,36,49)(H,37,43)(H,38,48)(H,39,51)(H,40,50)(H,44,45)(H,46,47)(H,53,54)(H4,33,34,35). The van der Waals surface area contributed by atoms with Crippen LogP contribution in [0.2, 0.25) is 0 Å². The molecule has 23 heteroatoms. The Kier molecular flexibility index (Phi) is 19.9. The van der Waals surface area contributed by atoms with Gasteiger partial charge in [-0.15, -0.1) is 0 Å². The first-order valence-electron chi connectivity index (χ1n) is 17.1. The van der Waals surface area contributed by atoms with Crippen LogP contribution < -0.4 is 43.8 Å². The second kappa shape index (κ2) is 23.2. The van der Waals surface area contributed by atoms with Gasteiger partial charge in [0.15, 0.2) is 5.96 Å². The highest BCUT2D eigenvalue weighted by atomic mass is 16.4. The molecule has 304 valence electrons. The smallest absolute Gasteiger partial charge is 0.326 e. The molecule has 1 aliphatic heterocycles. The zero-order chi connectivity index (χ0) is 41.1. The van der Waals surface area contributed by atoms with Gasteiger partial charge in [-0.2, -0.15) is 0 Å². The van der Waals surface area contributed by atoms with Gasteiger partial charge in [-0.05, 0) is 44.4 Å². The number of hydrogen-bond donors (Lipinski definition) is 12. The Morgan fingerprint density at radius 3 is 2.02 bits per heavy atom. The highest BCUT2D eigenvalue weighted by molar-refractivity contribution is 5.97. The van der Waals surface area contributed by atoms with E-state index in [1.807, 2.05) is 0 Å². The van der Waals surface area contributed by atoms with Gasteiger partial charge in [0.05, 0.1) is 25.6 Å². The van der Waals surface area contributed by atoms with Gasteiger partial charge < -0.3 is 69.1 Å². The van der Waals surface area contributed by atoms with Crippen molar-refractivity contribution >= 4 is 59.3 Å². The number of guanidine groups is 1. The molecule has 6 atom stereocenters. The molecule has 0 bridgehead atoms. The average molecular weight is 773 g/mol. The number of likely N-dealkylation sites (tertiary alicyclic amines) is 1. The first-order chi connectivity index (χ1) is 25.3. The number of nitrogens with one attached hydrogen (secondary N) is 5. The van der Waals surface area contributed by atoms with Crippen LogP contribution in [0.5, 0.6) is 0 Å². The Balaban J connectivity index is 2.92. The molecular formula is C31H52N10O13. The van der Waals surface area contributed by atoms with E-state index in [9.17, 15) is 58.5 Å². The maximum absolute atomic E-state index is 13.3. The Bertz CT molecular complexity index is 1410. The molecule has 1 heterocycles. The predicted molar refractivity (Wildman–Crippen MR) is 187 cm³/mol. The average Bonchev–Trinajstić information content (AvgIpc) is 3.58. The lowest BCUT2D eigenvalue weighted by Crippen LogP contribution is -2.58. The number of aliphatic imine (C=N–C) groups is 1. The topological polar surface area (TPSA) is 388 Å². The van der Waals surface area contributed by atoms with E-state index >= 15 is 0 Å². The zero-order valence-electron chi connectivity index (χ0n) is 30.1. The maximum Gasteiger partial charge on any atom is 0.326 e. The first-order valence-corrected chi connectivity index (χ1v) is 17.1. The molecule has 1 fully saturated rings. The van der Waals surface area contributed by atoms with Crippen LogP contribution >= 0.6 is 0 Å². The SMILES string of the molecule is CC(C)CC(N)C(=O)NC(CCC(=O)O)C(=O)NC(CC(=O)O)C(=O)NCC(=O)NC(CO)C(=O)N1CCCC1C(=O)NC(CCCN=C(N)N)C(=O)O. The van der Waals surface area contributed by atoms with Gasteiger partial charge >= 0.3 is 17.9 Å². The summed E-state index contributed by atoms with van der Waals surface area (Å²) < 4.78 is 0. The number of aliphatic hydroxyl groups is 1. The van der Waals surface area contributed by atoms with E-state index in [1.165, 1.54) is 0 Å². The number of aliphatic hydroxyl groups excluding tert-OH is 1. The molecule has 6 unspecified atom stereocenters. The minimum atomic E-state index is -1.81. The molecule has 0 aromatic carbocycles. The van der Waals surface area contributed by atoms with Gasteiger partial charge in [-0.25, -0.2) is 4.79 Å². The summed E-state index contributed by atoms with van der Waals surface area (Å²) in [4.78, 5) is 117. The van der Waals surface area contributed by atoms with Crippen molar-refractivity contribution < 1.29 is 63.6 Å². The Labute approximate surface area is 310 Å². The molecule has 15 N–H and O–H groups in total. The fourth-order valence-corrected chi connectivity index (χ4v) is 5.34. The third-order valence-corrected chi connectivity index (χ3v) is 7.99. The number of carboxylic acids is 3. The van der Waals surface area contributed by atoms with Crippen molar-refractivity contribution in [3.05, 3.63) is 0 Å². The molecule has 1 saturated heterocycles. The fraction of sp³-hybridized carbons (Fsp3) is 0.677. The lowest BCUT2D eigenvalue weighted by atomic mass is 10.0. The molecule has 0 aliphatic carbocycles. The highest BCUT2D eigenvalue weighted by Gasteiger charge is 2.39. The molecule has 1 aliphatic rings. The molecule has 23 nitrogen and oxygen atoms in total. The second-order valence-corrected chi connectivity index (χ2v) is 12.9. The Hall–Kier alpha value is -5.58. The largest absolute Gasteiger partial charge is 0.481 e. The summed E-state index contributed by atoms with van der Waals surface area (Å²) in [5.41, 5.74) is 16.4. The van der Waals surface area contributed by atoms with Crippen LogP contribution in [0.4, 0.5) is 0 Å². The normalized spacial score (nSPS) is 16.5. The van der Waals surface area contributed by atoms with Crippen molar-refractivity contribution in [3.8, 4) is 0 Å². The van der Waals surface area contributed by atoms with Crippen molar-refractivity contribution in [1.82, 2.24) is 31.5 Å². The number of aliphatic carboxylic acids is 3. The maximum atomic E-state index is 13.3. The molecule has 1 rings (SSSR count). The zero-order valence-corrected chi connectivity index (χ0v) is 30.1. The van der Waals surface area contributed by atoms with E-state index < -0.39 is 122 Å². The first kappa shape index (κ1) is 46.4. The van der Waals surface area contributed by atoms with Gasteiger partial charge in [-0.1, -0.05) is 13.8 Å². The van der Waals surface area contributed by atoms with Crippen LogP contribution in [0.1, 0.15) is 65.2 Å². The van der Waals surface area contributed by atoms with Crippen LogP contribution in [0.3, 0.4) is 0 Å². The van der Waals surface area contributed by atoms with Gasteiger partial charge in [-0.3, -0.25) is 43.3 Å². The van der Waals surface area contributed by atoms with Gasteiger partial charge in [0, 0.05) is 19.5 Å². The number of nitrogens with zero attached hydrogens (tertiary/aromatic N) is 2. The Morgan fingerprint density at radius 1 is 0.815 bits per heavy atom. The number of carboxylic acid groups (broad SMARTS) is 3. The van der Waals surface area contributed by atoms with Gasteiger partial charge in [0.25, 0.3) is 0 Å². The molecule has 0 saturated carbocycles. The molecule has 0 spiro atoms. The molecule has 0 aromatic heterocycles. The summed E-state index contributed by atoms with van der Waals surface area (Å²) in [6.45, 7) is 1.94. The Morgan fingerprint density at radius 2 is 1.46 bits per heavy atom. The second-order valence-electron chi connectivity index (χ2n) is 12.9. The minimum Gasteiger partial charge on any atom is -0.481 e. The molecule has 6 amide bonds. The van der Waals surface area contributed by atoms with Crippen molar-refractivity contribution in [2.24, 2.45) is 28.1 Å². The van der Waals surface area contributed by atoms with E-state index in [4.69, 9.17) is 22.3 Å². The predicted octanol–water partition coefficient (Wildman–Crippen LogP) is -5.12. The lowest BCUT2D eigenvalue weighted by molar-refractivity contribution is -0.145. The van der Waals surface area contributed by atoms with Crippen molar-refractivity contribution in [2.75, 3.05) is 26.2 Å². The number of carbonyl (C=O) groups excluding carboxylic acids is 6. The fourth-order valence-electron chi connectivity index (χ4n) is 5.34. The van der Waals surface area contributed by atoms with Crippen LogP contribution in [-0.2, 0) is 43.2 Å². The summed E-state index contributed by atoms with van der Waals surface area (Å²) >= 11 is 0. The van der Waals surface area contributed by atoms with Crippen LogP contribution in [0.15, 0.2) is 4.99 Å². The van der Waals surface area contributed by atoms with Crippen molar-refractivity contribution in [1.29, 1.82) is 0 Å². The summed E-state index contributed by atoms with van der Waals surface area (Å²) in [7, 11) is 0. The van der Waals surface area contributed by atoms with Gasteiger partial charge in [0.2, 0.25) is 35.4 Å². The van der Waals surface area contributed by atoms with E-state index in [1.54, 1.807) is 13.8 Å². The van der Waals surface area contributed by atoms with E-state index in [-0.39, 0.29) is 50.7 Å². The third kappa shape index (κ3) is 16.8. The molecule has 54 heavy (non-hydrogen) atoms. The van der Waals surface area contributed by atoms with Crippen LogP contribution in [-0.4, -0.2) is 147 Å². The monoisotopic (exact) mass is 772 g/mol. The summed E-state index contributed by atoms with van der Waals surface area (Å²) in [6.07, 6.45) is -1.06. The summed E-state index contributed by atoms with van der Waals surface area (Å²) in [5, 5.41) is 49.0. The quantitative estimate of drug-likeness (QED) is 0.0248. The van der Waals surface area contributed by atoms with E-state index in [0.717, 1.165) is 4.90 Å². The summed E-state index contributed by atoms with van der Waals surface area (Å²) in [5.74, 6) is -10.1. The van der Waals surface area contributed by atoms with E-state index in [0.29, 0.717) is 6.42 Å². The van der Waals surface area contributed by atoms with Gasteiger partial charge in [0.1, 0.15) is 30.2 Å². The summed E-state index contributed by atoms with van der Waals surface area (Å²) in [6, 6.07) is -8.42. The number of amides is 6. The lowest BCUT2D eigenvalue weighted by Gasteiger charge is -2.29. The van der Waals surface area contributed by atoms with E-state index in [2.05, 4.69) is 31.6 Å². The number of nitrogens with two attached hydrogens (primary N) is 3. The molecular weight excluding hydrogens is 720 g/mol. The van der Waals surface area contributed by atoms with Crippen LogP contribution in [0, 0.1) is 5.92 Å². The van der Waals surface area contributed by atoms with Crippen molar-refractivity contribution in [2.45, 2.75) is 101 Å². The van der Waals surface area contributed by atoms with Crippen LogP contribution in [0.25, 0.3) is 0 Å². The molecule has 0 aromatic rings. The number of hydrogen-bond acceptors (Lipinski definition) is 12. The minimum absolute atomic E-state index is 0.00538. The molecule has 0 radical (unpaired) electrons. The number of carbonyl (C=O) groups is 9. The van der Waals surface area contributed by atoms with Crippen molar-refractivity contribution in [3.63, 3.8) is 0 Å². The highest BCUT2D eigenvalue weighted by Crippen LogP contribution is 2.19. The number of rotatable bonds is 24. The third-order valence-electron chi connectivity index (χ3n) is 7.99.